The van der Waals surface area contributed by atoms with Crippen molar-refractivity contribution in [3.8, 4) is 0 Å². The molecule has 2 amide bonds. The molecule has 0 aliphatic carbocycles. The normalized spacial score (nSPS) is 20.9. The van der Waals surface area contributed by atoms with Gasteiger partial charge in [-0.3, -0.25) is 4.79 Å². The Bertz CT molecular complexity index is 645. The number of carbonyl (C=O) groups excluding carboxylic acids is 1. The Hall–Kier alpha value is -1.32. The molecule has 1 aromatic carbocycles. The summed E-state index contributed by atoms with van der Waals surface area (Å²) >= 11 is 1.48. The van der Waals surface area contributed by atoms with Crippen LogP contribution >= 0.6 is 24.2 Å². The van der Waals surface area contributed by atoms with Gasteiger partial charge in [0.2, 0.25) is 5.91 Å². The van der Waals surface area contributed by atoms with Gasteiger partial charge in [-0.1, -0.05) is 24.3 Å². The lowest BCUT2D eigenvalue weighted by atomic mass is 10.0. The summed E-state index contributed by atoms with van der Waals surface area (Å²) in [6.07, 6.45) is -1.46. The van der Waals surface area contributed by atoms with Crippen molar-refractivity contribution in [3.05, 3.63) is 35.4 Å². The van der Waals surface area contributed by atoms with Gasteiger partial charge in [-0.05, 0) is 38.4 Å². The highest BCUT2D eigenvalue weighted by Crippen LogP contribution is 2.33. The zero-order valence-corrected chi connectivity index (χ0v) is 18.1. The molecule has 1 saturated heterocycles. The number of halogens is 1. The van der Waals surface area contributed by atoms with E-state index in [4.69, 9.17) is 0 Å². The van der Waals surface area contributed by atoms with E-state index in [1.165, 1.54) is 29.8 Å². The fourth-order valence-electron chi connectivity index (χ4n) is 3.29. The Balaban J connectivity index is 0.00000392. The first kappa shape index (κ1) is 24.7. The summed E-state index contributed by atoms with van der Waals surface area (Å²) in [5, 5.41) is 25.1. The zero-order chi connectivity index (χ0) is 20.0. The number of nitrogens with one attached hydrogen (secondary N) is 2. The molecule has 1 aliphatic rings. The topological polar surface area (TPSA) is 102 Å². The first-order valence-electron chi connectivity index (χ1n) is 9.17. The van der Waals surface area contributed by atoms with E-state index in [2.05, 4.69) is 34.9 Å². The quantitative estimate of drug-likeness (QED) is 0.469. The van der Waals surface area contributed by atoms with Crippen molar-refractivity contribution in [2.45, 2.75) is 56.0 Å². The molecule has 1 heterocycles. The Kier molecular flexibility index (Phi) is 10.3. The van der Waals surface area contributed by atoms with Gasteiger partial charge >= 0.3 is 6.09 Å². The molecule has 0 saturated carbocycles. The number of aliphatic hydroxyl groups excluding tert-OH is 1. The molecule has 0 radical (unpaired) electrons. The smallest absolute Gasteiger partial charge is 0.415 e. The highest BCUT2D eigenvalue weighted by Gasteiger charge is 2.33. The highest BCUT2D eigenvalue weighted by atomic mass is 35.5. The van der Waals surface area contributed by atoms with Gasteiger partial charge in [-0.25, -0.2) is 9.69 Å². The van der Waals surface area contributed by atoms with E-state index < -0.39 is 23.5 Å². The lowest BCUT2D eigenvalue weighted by Gasteiger charge is -2.26. The summed E-state index contributed by atoms with van der Waals surface area (Å²) in [6.45, 7) is 4.79. The van der Waals surface area contributed by atoms with Crippen LogP contribution in [0.15, 0.2) is 24.3 Å². The predicted molar refractivity (Wildman–Crippen MR) is 114 cm³/mol. The molecule has 0 unspecified atom stereocenters. The third-order valence-electron chi connectivity index (χ3n) is 4.55. The van der Waals surface area contributed by atoms with Crippen molar-refractivity contribution in [1.29, 1.82) is 0 Å². The number of carbonyl (C=O) groups is 2. The van der Waals surface area contributed by atoms with Crippen LogP contribution in [0.2, 0.25) is 0 Å². The largest absolute Gasteiger partial charge is 0.465 e. The summed E-state index contributed by atoms with van der Waals surface area (Å²) in [7, 11) is 1.92. The van der Waals surface area contributed by atoms with Crippen LogP contribution in [0.5, 0.6) is 0 Å². The van der Waals surface area contributed by atoms with E-state index >= 15 is 0 Å². The van der Waals surface area contributed by atoms with Gasteiger partial charge in [0.15, 0.2) is 0 Å². The highest BCUT2D eigenvalue weighted by molar-refractivity contribution is 8.00. The average Bonchev–Trinajstić information content (AvgIpc) is 3.03. The van der Waals surface area contributed by atoms with Gasteiger partial charge in [0, 0.05) is 24.4 Å². The fourth-order valence-corrected chi connectivity index (χ4v) is 4.67. The average molecular weight is 432 g/mol. The Labute approximate surface area is 176 Å². The molecule has 4 N–H and O–H groups in total. The van der Waals surface area contributed by atoms with Crippen molar-refractivity contribution in [3.63, 3.8) is 0 Å². The molecular formula is C19H30ClN3O4S. The van der Waals surface area contributed by atoms with Crippen LogP contribution in [0.1, 0.15) is 43.9 Å². The standard InChI is InChI=1S/C19H29N3O4S.ClH/c1-12(23)8-18(24)22(19(25)26)13(2)27-16-9-17(21-11-16)15-6-4-14(5-7-15)10-20-3;/h4-7,12-13,16-17,20-21,23H,8-11H2,1-3H3,(H,25,26);1H/t12-,13-,16-,17-;/m0./s1. The van der Waals surface area contributed by atoms with E-state index in [1.54, 1.807) is 6.92 Å². The SMILES string of the molecule is CNCc1ccc([C@@H]2C[C@H](S[C@@H](C)N(C(=O)O)C(=O)C[C@H](C)O)CN2)cc1.Cl. The van der Waals surface area contributed by atoms with Crippen molar-refractivity contribution in [2.75, 3.05) is 13.6 Å². The van der Waals surface area contributed by atoms with E-state index in [0.717, 1.165) is 24.4 Å². The van der Waals surface area contributed by atoms with Gasteiger partial charge in [0.25, 0.3) is 0 Å². The number of imide groups is 1. The lowest BCUT2D eigenvalue weighted by molar-refractivity contribution is -0.131. The van der Waals surface area contributed by atoms with Crippen molar-refractivity contribution in [2.24, 2.45) is 0 Å². The van der Waals surface area contributed by atoms with Crippen LogP contribution in [-0.2, 0) is 11.3 Å². The monoisotopic (exact) mass is 431 g/mol. The maximum absolute atomic E-state index is 12.1. The first-order valence-corrected chi connectivity index (χ1v) is 10.1. The lowest BCUT2D eigenvalue weighted by Crippen LogP contribution is -2.42. The third-order valence-corrected chi connectivity index (χ3v) is 5.90. The molecule has 4 atom stereocenters. The molecule has 1 fully saturated rings. The minimum absolute atomic E-state index is 0. The number of benzene rings is 1. The molecule has 0 spiro atoms. The number of amides is 2. The van der Waals surface area contributed by atoms with Gasteiger partial charge < -0.3 is 20.8 Å². The zero-order valence-electron chi connectivity index (χ0n) is 16.4. The van der Waals surface area contributed by atoms with Gasteiger partial charge in [0.05, 0.1) is 17.9 Å². The van der Waals surface area contributed by atoms with Crippen molar-refractivity contribution in [1.82, 2.24) is 15.5 Å². The maximum atomic E-state index is 12.1. The van der Waals surface area contributed by atoms with Crippen LogP contribution in [0, 0.1) is 0 Å². The third kappa shape index (κ3) is 6.93. The molecule has 2 rings (SSSR count). The summed E-state index contributed by atoms with van der Waals surface area (Å²) in [4.78, 5) is 24.5. The Morgan fingerprint density at radius 3 is 2.50 bits per heavy atom. The van der Waals surface area contributed by atoms with E-state index in [-0.39, 0.29) is 30.1 Å². The van der Waals surface area contributed by atoms with Crippen LogP contribution in [0.25, 0.3) is 0 Å². The summed E-state index contributed by atoms with van der Waals surface area (Å²) in [5.74, 6) is -0.569. The Morgan fingerprint density at radius 2 is 1.96 bits per heavy atom. The second-order valence-corrected chi connectivity index (χ2v) is 8.55. The van der Waals surface area contributed by atoms with Gasteiger partial charge in [0.1, 0.15) is 0 Å². The van der Waals surface area contributed by atoms with Crippen LogP contribution in [0.3, 0.4) is 0 Å². The van der Waals surface area contributed by atoms with Crippen LogP contribution in [-0.4, -0.2) is 57.4 Å². The van der Waals surface area contributed by atoms with E-state index in [0.29, 0.717) is 0 Å². The molecule has 0 aromatic heterocycles. The van der Waals surface area contributed by atoms with Gasteiger partial charge in [-0.15, -0.1) is 24.2 Å². The summed E-state index contributed by atoms with van der Waals surface area (Å²) < 4.78 is 0. The second kappa shape index (κ2) is 11.6. The minimum Gasteiger partial charge on any atom is -0.465 e. The van der Waals surface area contributed by atoms with Gasteiger partial charge in [-0.2, -0.15) is 0 Å². The van der Waals surface area contributed by atoms with Crippen LogP contribution < -0.4 is 10.6 Å². The molecule has 1 aromatic rings. The number of carboxylic acid groups (broad SMARTS) is 1. The number of rotatable bonds is 8. The van der Waals surface area contributed by atoms with E-state index in [1.807, 2.05) is 7.05 Å². The predicted octanol–water partition coefficient (Wildman–Crippen LogP) is 2.59. The Morgan fingerprint density at radius 1 is 1.32 bits per heavy atom. The number of hydrogen-bond donors (Lipinski definition) is 4. The molecule has 1 aliphatic heterocycles. The fraction of sp³-hybridized carbons (Fsp3) is 0.579. The molecule has 0 bridgehead atoms. The number of aliphatic hydroxyl groups is 1. The maximum Gasteiger partial charge on any atom is 0.415 e. The summed E-state index contributed by atoms with van der Waals surface area (Å²) in [6, 6.07) is 8.69. The molecule has 7 nitrogen and oxygen atoms in total. The van der Waals surface area contributed by atoms with Crippen LogP contribution in [0.4, 0.5) is 4.79 Å². The molecular weight excluding hydrogens is 402 g/mol. The number of hydrogen-bond acceptors (Lipinski definition) is 6. The second-order valence-electron chi connectivity index (χ2n) is 6.93. The number of nitrogens with zero attached hydrogens (tertiary/aromatic N) is 1. The minimum atomic E-state index is -1.27. The number of thioether (sulfide) groups is 1. The molecule has 9 heteroatoms. The van der Waals surface area contributed by atoms with Crippen molar-refractivity contribution >= 4 is 36.2 Å². The molecule has 158 valence electrons. The van der Waals surface area contributed by atoms with Crippen molar-refractivity contribution < 1.29 is 19.8 Å². The first-order chi connectivity index (χ1) is 12.8. The molecule has 28 heavy (non-hydrogen) atoms. The van der Waals surface area contributed by atoms with E-state index in [9.17, 15) is 19.8 Å². The summed E-state index contributed by atoms with van der Waals surface area (Å²) in [5.41, 5.74) is 2.44.